The van der Waals surface area contributed by atoms with Crippen LogP contribution in [0.25, 0.3) is 11.3 Å². The molecule has 1 N–H and O–H groups in total. The number of thiocarbonyl (C=S) groups is 1. The second-order valence-electron chi connectivity index (χ2n) is 7.90. The van der Waals surface area contributed by atoms with Crippen molar-refractivity contribution in [3.63, 3.8) is 0 Å². The standard InChI is InChI=1S/C26H22N4O4S/c1-2-33-18-12-10-17(11-13-18)29-25(24(28-26(29)35)20-8-5-6-16-27-20)23-15-14-22(34-23)19-7-3-4-9-21(19)30(31)32/h3-16,24-25H,2H2,1H3,(H,28,35)/t24-,25-/m1/s1. The molecule has 1 fully saturated rings. The number of nitro groups is 1. The van der Waals surface area contributed by atoms with Crippen molar-refractivity contribution < 1.29 is 14.1 Å². The Balaban J connectivity index is 1.58. The Bertz CT molecular complexity index is 1360. The van der Waals surface area contributed by atoms with E-state index in [0.29, 0.717) is 28.8 Å². The SMILES string of the molecule is CCOc1ccc(N2C(=S)N[C@H](c3ccccn3)[C@H]2c2ccc(-c3ccccc3[N+](=O)[O-])o2)cc1. The van der Waals surface area contributed by atoms with E-state index in [-0.39, 0.29) is 17.8 Å². The summed E-state index contributed by atoms with van der Waals surface area (Å²) >= 11 is 5.74. The monoisotopic (exact) mass is 486 g/mol. The van der Waals surface area contributed by atoms with Crippen LogP contribution in [-0.4, -0.2) is 21.6 Å². The minimum Gasteiger partial charge on any atom is -0.494 e. The highest BCUT2D eigenvalue weighted by molar-refractivity contribution is 7.80. The number of pyridine rings is 1. The van der Waals surface area contributed by atoms with Gasteiger partial charge in [-0.25, -0.2) is 0 Å². The van der Waals surface area contributed by atoms with Gasteiger partial charge in [0.05, 0.1) is 28.8 Å². The average Bonchev–Trinajstić information content (AvgIpc) is 3.50. The summed E-state index contributed by atoms with van der Waals surface area (Å²) in [5.74, 6) is 1.79. The molecule has 4 aromatic rings. The number of para-hydroxylation sites is 1. The number of nitrogens with zero attached hydrogens (tertiary/aromatic N) is 3. The van der Waals surface area contributed by atoms with Crippen LogP contribution in [0.3, 0.4) is 0 Å². The number of rotatable bonds is 7. The molecule has 8 nitrogen and oxygen atoms in total. The molecule has 35 heavy (non-hydrogen) atoms. The lowest BCUT2D eigenvalue weighted by Crippen LogP contribution is -2.29. The molecule has 1 aliphatic heterocycles. The molecule has 3 heterocycles. The fourth-order valence-electron chi connectivity index (χ4n) is 4.29. The Kier molecular flexibility index (Phi) is 6.15. The van der Waals surface area contributed by atoms with Gasteiger partial charge in [-0.2, -0.15) is 0 Å². The molecule has 2 aromatic carbocycles. The van der Waals surface area contributed by atoms with E-state index in [0.717, 1.165) is 17.1 Å². The smallest absolute Gasteiger partial charge is 0.280 e. The molecule has 0 unspecified atom stereocenters. The number of hydrogen-bond donors (Lipinski definition) is 1. The Labute approximate surface area is 207 Å². The van der Waals surface area contributed by atoms with Crippen molar-refractivity contribution in [1.82, 2.24) is 10.3 Å². The predicted molar refractivity (Wildman–Crippen MR) is 136 cm³/mol. The van der Waals surface area contributed by atoms with Crippen molar-refractivity contribution in [2.24, 2.45) is 0 Å². The van der Waals surface area contributed by atoms with Crippen LogP contribution < -0.4 is 15.0 Å². The predicted octanol–water partition coefficient (Wildman–Crippen LogP) is 5.83. The average molecular weight is 487 g/mol. The normalized spacial score (nSPS) is 17.3. The van der Waals surface area contributed by atoms with E-state index in [1.54, 1.807) is 30.5 Å². The third kappa shape index (κ3) is 4.33. The number of nitro benzene ring substituents is 1. The maximum Gasteiger partial charge on any atom is 0.280 e. The van der Waals surface area contributed by atoms with E-state index in [1.807, 2.05) is 60.4 Å². The van der Waals surface area contributed by atoms with E-state index in [1.165, 1.54) is 6.07 Å². The van der Waals surface area contributed by atoms with Crippen molar-refractivity contribution >= 4 is 28.7 Å². The van der Waals surface area contributed by atoms with E-state index >= 15 is 0 Å². The zero-order valence-corrected chi connectivity index (χ0v) is 19.6. The summed E-state index contributed by atoms with van der Waals surface area (Å²) < 4.78 is 11.8. The third-order valence-electron chi connectivity index (χ3n) is 5.81. The van der Waals surface area contributed by atoms with Crippen molar-refractivity contribution in [2.75, 3.05) is 11.5 Å². The summed E-state index contributed by atoms with van der Waals surface area (Å²) in [5, 5.41) is 15.5. The quantitative estimate of drug-likeness (QED) is 0.198. The largest absolute Gasteiger partial charge is 0.494 e. The van der Waals surface area contributed by atoms with Crippen LogP contribution in [0.2, 0.25) is 0 Å². The fraction of sp³-hybridized carbons (Fsp3) is 0.154. The Morgan fingerprint density at radius 1 is 1.09 bits per heavy atom. The number of furan rings is 1. The molecule has 5 rings (SSSR count). The van der Waals surface area contributed by atoms with Gasteiger partial charge in [0, 0.05) is 18.0 Å². The number of benzene rings is 2. The summed E-state index contributed by atoms with van der Waals surface area (Å²) in [5.41, 5.74) is 2.06. The van der Waals surface area contributed by atoms with Gasteiger partial charge in [0.1, 0.15) is 23.3 Å². The molecule has 2 atom stereocenters. The molecule has 0 radical (unpaired) electrons. The maximum atomic E-state index is 11.6. The van der Waals surface area contributed by atoms with Crippen LogP contribution in [0, 0.1) is 10.1 Å². The molecule has 0 aliphatic carbocycles. The van der Waals surface area contributed by atoms with Crippen LogP contribution in [-0.2, 0) is 0 Å². The Morgan fingerprint density at radius 2 is 1.86 bits per heavy atom. The molecule has 0 bridgehead atoms. The number of nitrogens with one attached hydrogen (secondary N) is 1. The second-order valence-corrected chi connectivity index (χ2v) is 8.29. The summed E-state index contributed by atoms with van der Waals surface area (Å²) in [6.07, 6.45) is 1.73. The van der Waals surface area contributed by atoms with Crippen LogP contribution in [0.1, 0.15) is 30.5 Å². The van der Waals surface area contributed by atoms with Gasteiger partial charge in [-0.1, -0.05) is 18.2 Å². The lowest BCUT2D eigenvalue weighted by Gasteiger charge is -2.26. The van der Waals surface area contributed by atoms with Gasteiger partial charge in [0.15, 0.2) is 5.11 Å². The maximum absolute atomic E-state index is 11.6. The van der Waals surface area contributed by atoms with Gasteiger partial charge in [-0.05, 0) is 73.7 Å². The zero-order valence-electron chi connectivity index (χ0n) is 18.8. The fourth-order valence-corrected chi connectivity index (χ4v) is 4.64. The van der Waals surface area contributed by atoms with Crippen LogP contribution in [0.15, 0.2) is 89.5 Å². The zero-order chi connectivity index (χ0) is 24.4. The van der Waals surface area contributed by atoms with Crippen LogP contribution in [0.5, 0.6) is 5.75 Å². The number of anilines is 1. The Hall–Kier alpha value is -4.24. The topological polar surface area (TPSA) is 93.7 Å². The molecule has 0 amide bonds. The summed E-state index contributed by atoms with van der Waals surface area (Å²) in [6.45, 7) is 2.51. The number of hydrogen-bond acceptors (Lipinski definition) is 6. The summed E-state index contributed by atoms with van der Waals surface area (Å²) in [4.78, 5) is 17.7. The second kappa shape index (κ2) is 9.55. The lowest BCUT2D eigenvalue weighted by molar-refractivity contribution is -0.384. The molecule has 0 saturated carbocycles. The summed E-state index contributed by atoms with van der Waals surface area (Å²) in [6, 6.07) is 22.8. The minimum absolute atomic E-state index is 0.0156. The molecule has 0 spiro atoms. The molecule has 2 aromatic heterocycles. The van der Waals surface area contributed by atoms with E-state index in [2.05, 4.69) is 10.3 Å². The highest BCUT2D eigenvalue weighted by Crippen LogP contribution is 2.43. The Morgan fingerprint density at radius 3 is 2.57 bits per heavy atom. The van der Waals surface area contributed by atoms with Gasteiger partial charge in [-0.15, -0.1) is 0 Å². The highest BCUT2D eigenvalue weighted by atomic mass is 32.1. The molecule has 1 aliphatic rings. The van der Waals surface area contributed by atoms with Crippen molar-refractivity contribution in [1.29, 1.82) is 0 Å². The van der Waals surface area contributed by atoms with E-state index in [4.69, 9.17) is 21.4 Å². The first-order valence-corrected chi connectivity index (χ1v) is 11.5. The lowest BCUT2D eigenvalue weighted by atomic mass is 10.0. The minimum atomic E-state index is -0.410. The van der Waals surface area contributed by atoms with Crippen LogP contribution in [0.4, 0.5) is 11.4 Å². The molecule has 176 valence electrons. The molecular formula is C26H22N4O4S. The molecule has 9 heteroatoms. The first-order valence-electron chi connectivity index (χ1n) is 11.1. The van der Waals surface area contributed by atoms with Crippen molar-refractivity contribution in [2.45, 2.75) is 19.0 Å². The summed E-state index contributed by atoms with van der Waals surface area (Å²) in [7, 11) is 0. The van der Waals surface area contributed by atoms with Gasteiger partial charge in [0.2, 0.25) is 0 Å². The van der Waals surface area contributed by atoms with E-state index < -0.39 is 4.92 Å². The van der Waals surface area contributed by atoms with Gasteiger partial charge >= 0.3 is 0 Å². The third-order valence-corrected chi connectivity index (χ3v) is 6.12. The number of ether oxygens (including phenoxy) is 1. The molecule has 1 saturated heterocycles. The van der Waals surface area contributed by atoms with Crippen molar-refractivity contribution in [3.8, 4) is 17.1 Å². The number of aromatic nitrogens is 1. The first kappa shape index (κ1) is 22.5. The highest BCUT2D eigenvalue weighted by Gasteiger charge is 2.42. The molecular weight excluding hydrogens is 464 g/mol. The van der Waals surface area contributed by atoms with E-state index in [9.17, 15) is 10.1 Å². The van der Waals surface area contributed by atoms with Crippen molar-refractivity contribution in [3.05, 3.63) is 107 Å². The van der Waals surface area contributed by atoms with Gasteiger partial charge < -0.3 is 19.4 Å². The first-order chi connectivity index (χ1) is 17.1. The van der Waals surface area contributed by atoms with Crippen LogP contribution >= 0.6 is 12.2 Å². The van der Waals surface area contributed by atoms with Gasteiger partial charge in [0.25, 0.3) is 5.69 Å². The van der Waals surface area contributed by atoms with Gasteiger partial charge in [-0.3, -0.25) is 15.1 Å².